The molecule has 2 aromatic rings. The number of thiophene rings is 1. The highest BCUT2D eigenvalue weighted by molar-refractivity contribution is 7.12. The van der Waals surface area contributed by atoms with E-state index in [1.54, 1.807) is 6.08 Å². The number of methoxy groups -OCH3 is 1. The summed E-state index contributed by atoms with van der Waals surface area (Å²) in [5.74, 6) is 2.23. The van der Waals surface area contributed by atoms with Gasteiger partial charge in [-0.1, -0.05) is 53.0 Å². The molecule has 0 aromatic carbocycles. The van der Waals surface area contributed by atoms with Crippen LogP contribution in [0.5, 0.6) is 5.75 Å². The predicted molar refractivity (Wildman–Crippen MR) is 160 cm³/mol. The Morgan fingerprint density at radius 2 is 1.77 bits per heavy atom. The quantitative estimate of drug-likeness (QED) is 0.149. The normalized spacial score (nSPS) is 10.1. The molecule has 0 aliphatic carbocycles. The van der Waals surface area contributed by atoms with Gasteiger partial charge in [-0.05, 0) is 44.2 Å². The molecule has 0 saturated heterocycles. The van der Waals surface area contributed by atoms with Crippen molar-refractivity contribution >= 4 is 23.2 Å². The minimum atomic E-state index is -0.804. The smallest absolute Gasteiger partial charge is 0.410 e. The SMILES string of the molecule is C#CCc1ccc(CCCC)s1.CCCC.CCCC(=O)c1c(O)cc(CCC/C=C/NC(=O)OC)oc1=O. The number of Topliss-reactive ketones (excluding diaryl/α,β-unsaturated/α-hetero) is 1. The van der Waals surface area contributed by atoms with E-state index >= 15 is 0 Å². The second-order valence-electron chi connectivity index (χ2n) is 8.72. The summed E-state index contributed by atoms with van der Waals surface area (Å²) in [6.45, 7) is 8.39. The Morgan fingerprint density at radius 1 is 1.08 bits per heavy atom. The van der Waals surface area contributed by atoms with Crippen molar-refractivity contribution in [3.63, 3.8) is 0 Å². The predicted octanol–water partition coefficient (Wildman–Crippen LogP) is 7.59. The van der Waals surface area contributed by atoms with Crippen LogP contribution in [0.25, 0.3) is 0 Å². The number of allylic oxidation sites excluding steroid dienone is 1. The lowest BCUT2D eigenvalue weighted by atomic mass is 10.1. The van der Waals surface area contributed by atoms with Crippen molar-refractivity contribution in [3.8, 4) is 18.1 Å². The zero-order chi connectivity index (χ0) is 29.5. The molecule has 1 amide bonds. The zero-order valence-corrected chi connectivity index (χ0v) is 25.0. The highest BCUT2D eigenvalue weighted by Crippen LogP contribution is 2.19. The maximum atomic E-state index is 11.8. The number of aromatic hydroxyl groups is 1. The molecule has 0 bridgehead atoms. The number of ketones is 1. The Bertz CT molecular complexity index is 1090. The number of carbonyl (C=O) groups is 2. The average Bonchev–Trinajstić information content (AvgIpc) is 3.37. The van der Waals surface area contributed by atoms with Gasteiger partial charge in [0.25, 0.3) is 0 Å². The van der Waals surface area contributed by atoms with Crippen LogP contribution < -0.4 is 10.9 Å². The third-order valence-corrected chi connectivity index (χ3v) is 6.45. The van der Waals surface area contributed by atoms with E-state index in [0.29, 0.717) is 31.4 Å². The topological polar surface area (TPSA) is 106 Å². The molecule has 8 heteroatoms. The molecule has 0 aliphatic heterocycles. The van der Waals surface area contributed by atoms with E-state index in [0.717, 1.165) is 6.42 Å². The summed E-state index contributed by atoms with van der Waals surface area (Å²) in [5, 5.41) is 12.2. The summed E-state index contributed by atoms with van der Waals surface area (Å²) >= 11 is 1.85. The molecule has 39 heavy (non-hydrogen) atoms. The lowest BCUT2D eigenvalue weighted by Gasteiger charge is -2.04. The van der Waals surface area contributed by atoms with Gasteiger partial charge < -0.3 is 14.3 Å². The molecule has 0 aliphatic rings. The second-order valence-corrected chi connectivity index (χ2v) is 9.97. The molecule has 0 fully saturated rings. The number of hydrogen-bond acceptors (Lipinski definition) is 7. The summed E-state index contributed by atoms with van der Waals surface area (Å²) in [7, 11) is 1.27. The van der Waals surface area contributed by atoms with Gasteiger partial charge in [-0.3, -0.25) is 10.1 Å². The zero-order valence-electron chi connectivity index (χ0n) is 24.1. The van der Waals surface area contributed by atoms with Gasteiger partial charge in [0.1, 0.15) is 17.1 Å². The first kappa shape index (κ1) is 35.7. The summed E-state index contributed by atoms with van der Waals surface area (Å²) in [4.78, 5) is 37.1. The number of aryl methyl sites for hydroxylation is 2. The van der Waals surface area contributed by atoms with Crippen LogP contribution in [0.1, 0.15) is 105 Å². The van der Waals surface area contributed by atoms with Gasteiger partial charge in [0.05, 0.1) is 7.11 Å². The van der Waals surface area contributed by atoms with Gasteiger partial charge in [-0.2, -0.15) is 0 Å². The highest BCUT2D eigenvalue weighted by atomic mass is 32.1. The van der Waals surface area contributed by atoms with E-state index in [1.807, 2.05) is 18.3 Å². The summed E-state index contributed by atoms with van der Waals surface area (Å²) in [6.07, 6.45) is 17.5. The molecule has 0 spiro atoms. The van der Waals surface area contributed by atoms with Gasteiger partial charge in [-0.25, -0.2) is 9.59 Å². The molecular formula is C31H45NO6S. The van der Waals surface area contributed by atoms with E-state index < -0.39 is 17.5 Å². The fourth-order valence-corrected chi connectivity index (χ4v) is 4.04. The van der Waals surface area contributed by atoms with Crippen molar-refractivity contribution < 1.29 is 23.8 Å². The van der Waals surface area contributed by atoms with Crippen molar-refractivity contribution in [2.75, 3.05) is 7.11 Å². The van der Waals surface area contributed by atoms with Crippen LogP contribution in [0.3, 0.4) is 0 Å². The largest absolute Gasteiger partial charge is 0.507 e. The van der Waals surface area contributed by atoms with Gasteiger partial charge in [0.2, 0.25) is 0 Å². The van der Waals surface area contributed by atoms with Gasteiger partial charge in [-0.15, -0.1) is 23.7 Å². The van der Waals surface area contributed by atoms with Crippen molar-refractivity contribution in [1.82, 2.24) is 5.32 Å². The van der Waals surface area contributed by atoms with Crippen LogP contribution in [0.4, 0.5) is 4.79 Å². The van der Waals surface area contributed by atoms with E-state index in [-0.39, 0.29) is 17.7 Å². The molecule has 2 rings (SSSR count). The Labute approximate surface area is 237 Å². The Balaban J connectivity index is 0.000000748. The fraction of sp³-hybridized carbons (Fsp3) is 0.516. The van der Waals surface area contributed by atoms with E-state index in [2.05, 4.69) is 48.9 Å². The monoisotopic (exact) mass is 559 g/mol. The van der Waals surface area contributed by atoms with Gasteiger partial charge >= 0.3 is 11.7 Å². The van der Waals surface area contributed by atoms with Crippen LogP contribution in [0.2, 0.25) is 0 Å². The van der Waals surface area contributed by atoms with Gasteiger partial charge in [0.15, 0.2) is 5.78 Å². The third kappa shape index (κ3) is 16.3. The lowest BCUT2D eigenvalue weighted by molar-refractivity contribution is 0.0974. The molecule has 0 atom stereocenters. The number of terminal acetylenes is 1. The molecule has 0 saturated carbocycles. The molecule has 7 nitrogen and oxygen atoms in total. The molecular weight excluding hydrogens is 514 g/mol. The van der Waals surface area contributed by atoms with Crippen LogP contribution in [-0.4, -0.2) is 24.1 Å². The molecule has 0 unspecified atom stereocenters. The number of alkyl carbamates (subject to hydrolysis) is 1. The van der Waals surface area contributed by atoms with Crippen molar-refractivity contribution in [1.29, 1.82) is 0 Å². The number of unbranched alkanes of at least 4 members (excludes halogenated alkanes) is 3. The molecule has 2 N–H and O–H groups in total. The van der Waals surface area contributed by atoms with Crippen LogP contribution >= 0.6 is 11.3 Å². The van der Waals surface area contributed by atoms with Crippen LogP contribution in [-0.2, 0) is 24.0 Å². The minimum absolute atomic E-state index is 0.190. The van der Waals surface area contributed by atoms with Crippen molar-refractivity contribution in [2.24, 2.45) is 0 Å². The highest BCUT2D eigenvalue weighted by Gasteiger charge is 2.17. The van der Waals surface area contributed by atoms with Crippen molar-refractivity contribution in [2.45, 2.75) is 98.3 Å². The van der Waals surface area contributed by atoms with E-state index in [1.165, 1.54) is 61.2 Å². The summed E-state index contributed by atoms with van der Waals surface area (Å²) in [5.41, 5.74) is -1.08. The fourth-order valence-electron chi connectivity index (χ4n) is 3.03. The first-order valence-electron chi connectivity index (χ1n) is 13.7. The summed E-state index contributed by atoms with van der Waals surface area (Å²) in [6, 6.07) is 5.66. The van der Waals surface area contributed by atoms with Crippen LogP contribution in [0.15, 0.2) is 39.7 Å². The molecule has 2 heterocycles. The van der Waals surface area contributed by atoms with Gasteiger partial charge in [0, 0.05) is 41.3 Å². The Morgan fingerprint density at radius 3 is 2.33 bits per heavy atom. The minimum Gasteiger partial charge on any atom is -0.507 e. The Kier molecular flexibility index (Phi) is 20.7. The summed E-state index contributed by atoms with van der Waals surface area (Å²) < 4.78 is 9.46. The van der Waals surface area contributed by atoms with Crippen molar-refractivity contribution in [3.05, 3.63) is 62.0 Å². The third-order valence-electron chi connectivity index (χ3n) is 5.31. The number of ether oxygens (including phenoxy) is 1. The number of nitrogens with one attached hydrogen (secondary N) is 1. The second kappa shape index (κ2) is 22.7. The first-order chi connectivity index (χ1) is 18.8. The first-order valence-corrected chi connectivity index (χ1v) is 14.5. The number of carbonyl (C=O) groups excluding carboxylic acids is 2. The van der Waals surface area contributed by atoms with E-state index in [9.17, 15) is 19.5 Å². The number of amides is 1. The number of hydrogen-bond donors (Lipinski definition) is 2. The lowest BCUT2D eigenvalue weighted by Crippen LogP contribution is -2.16. The average molecular weight is 560 g/mol. The Hall–Kier alpha value is -3.31. The van der Waals surface area contributed by atoms with Crippen LogP contribution in [0, 0.1) is 12.3 Å². The van der Waals surface area contributed by atoms with E-state index in [4.69, 9.17) is 10.8 Å². The maximum absolute atomic E-state index is 11.8. The molecule has 2 aromatic heterocycles. The number of rotatable bonds is 13. The maximum Gasteiger partial charge on any atom is 0.410 e. The molecule has 0 radical (unpaired) electrons. The molecule has 216 valence electrons. The standard InChI is InChI=1S/C16H21NO6.C11H14S.C4H10/c1-3-7-12(18)14-13(19)10-11(23-15(14)20)8-5-4-6-9-17-16(21)22-2;1-3-5-7-11-9-8-10(12-11)6-4-2;1-3-4-2/h6,9-10,19H,3-5,7-8H2,1-2H3,(H,17,21);2,8-9H,3,5-7H2,1H3;3-4H2,1-2H3/b9-6+;;.